The molecule has 0 amide bonds. The van der Waals surface area contributed by atoms with Crippen LogP contribution in [0, 0.1) is 4.91 Å². The fourth-order valence-corrected chi connectivity index (χ4v) is 1.31. The van der Waals surface area contributed by atoms with Crippen LogP contribution in [0.5, 0.6) is 0 Å². The molecule has 86 valence electrons. The van der Waals surface area contributed by atoms with Gasteiger partial charge in [0.1, 0.15) is 0 Å². The summed E-state index contributed by atoms with van der Waals surface area (Å²) in [6.07, 6.45) is 0.784. The minimum absolute atomic E-state index is 0.00632. The van der Waals surface area contributed by atoms with E-state index in [9.17, 15) is 9.70 Å². The van der Waals surface area contributed by atoms with Crippen LogP contribution in [0.3, 0.4) is 0 Å². The topological polar surface area (TPSA) is 70.0 Å². The van der Waals surface area contributed by atoms with Crippen molar-refractivity contribution in [2.24, 2.45) is 5.29 Å². The first-order valence-corrected chi connectivity index (χ1v) is 5.06. The van der Waals surface area contributed by atoms with Crippen molar-refractivity contribution in [2.75, 3.05) is 5.01 Å². The van der Waals surface area contributed by atoms with Crippen molar-refractivity contribution >= 4 is 11.7 Å². The summed E-state index contributed by atoms with van der Waals surface area (Å²) in [7, 11) is 0. The maximum atomic E-state index is 10.7. The number of hydrogen-bond acceptors (Lipinski definition) is 3. The fourth-order valence-electron chi connectivity index (χ4n) is 1.31. The second kappa shape index (κ2) is 5.25. The monoisotopic (exact) mass is 222 g/mol. The van der Waals surface area contributed by atoms with Gasteiger partial charge in [-0.3, -0.25) is 0 Å². The minimum Gasteiger partial charge on any atom is -0.478 e. The van der Waals surface area contributed by atoms with Gasteiger partial charge in [0.15, 0.2) is 0 Å². The van der Waals surface area contributed by atoms with Gasteiger partial charge in [-0.05, 0) is 37.6 Å². The lowest BCUT2D eigenvalue weighted by atomic mass is 10.2. The molecule has 0 bridgehead atoms. The van der Waals surface area contributed by atoms with Gasteiger partial charge in [-0.1, -0.05) is 6.92 Å². The van der Waals surface area contributed by atoms with Gasteiger partial charge in [-0.15, -0.1) is 4.91 Å². The molecule has 1 atom stereocenters. The molecule has 0 saturated heterocycles. The van der Waals surface area contributed by atoms with Crippen LogP contribution in [0.25, 0.3) is 0 Å². The van der Waals surface area contributed by atoms with Gasteiger partial charge in [0.25, 0.3) is 0 Å². The van der Waals surface area contributed by atoms with E-state index < -0.39 is 5.97 Å². The zero-order valence-electron chi connectivity index (χ0n) is 9.25. The van der Waals surface area contributed by atoms with Gasteiger partial charge in [0, 0.05) is 0 Å². The molecule has 0 aliphatic rings. The van der Waals surface area contributed by atoms with Crippen LogP contribution >= 0.6 is 0 Å². The van der Waals surface area contributed by atoms with Crippen LogP contribution in [-0.2, 0) is 0 Å². The molecular weight excluding hydrogens is 208 g/mol. The molecule has 0 fully saturated rings. The predicted octanol–water partition coefficient (Wildman–Crippen LogP) is 2.67. The molecule has 16 heavy (non-hydrogen) atoms. The van der Waals surface area contributed by atoms with Crippen molar-refractivity contribution in [1.29, 1.82) is 0 Å². The molecule has 0 aliphatic heterocycles. The molecule has 0 aromatic heterocycles. The largest absolute Gasteiger partial charge is 0.478 e. The van der Waals surface area contributed by atoms with Crippen LogP contribution in [-0.4, -0.2) is 17.1 Å². The quantitative estimate of drug-likeness (QED) is 0.614. The Morgan fingerprint density at radius 3 is 2.38 bits per heavy atom. The molecule has 1 unspecified atom stereocenters. The van der Waals surface area contributed by atoms with Crippen molar-refractivity contribution in [3.63, 3.8) is 0 Å². The molecule has 1 aromatic carbocycles. The Morgan fingerprint density at radius 2 is 2.00 bits per heavy atom. The van der Waals surface area contributed by atoms with Crippen LogP contribution < -0.4 is 5.01 Å². The fraction of sp³-hybridized carbons (Fsp3) is 0.364. The summed E-state index contributed by atoms with van der Waals surface area (Å²) in [4.78, 5) is 21.3. The SMILES string of the molecule is CCC(C)N(N=O)c1ccc(C(=O)O)cc1. The number of anilines is 1. The highest BCUT2D eigenvalue weighted by atomic mass is 16.4. The molecular formula is C11H14N2O3. The summed E-state index contributed by atoms with van der Waals surface area (Å²) in [6.45, 7) is 3.83. The number of nitroso groups, excluding NO2 is 1. The van der Waals surface area contributed by atoms with Crippen molar-refractivity contribution in [2.45, 2.75) is 26.3 Å². The maximum absolute atomic E-state index is 10.7. The normalized spacial score (nSPS) is 11.9. The van der Waals surface area contributed by atoms with Crippen molar-refractivity contribution in [1.82, 2.24) is 0 Å². The number of aromatic carboxylic acids is 1. The van der Waals surface area contributed by atoms with Crippen LogP contribution in [0.1, 0.15) is 30.6 Å². The van der Waals surface area contributed by atoms with Crippen LogP contribution in [0.2, 0.25) is 0 Å². The summed E-state index contributed by atoms with van der Waals surface area (Å²) >= 11 is 0. The zero-order chi connectivity index (χ0) is 12.1. The maximum Gasteiger partial charge on any atom is 0.335 e. The molecule has 5 nitrogen and oxygen atoms in total. The first kappa shape index (κ1) is 12.2. The number of hydrogen-bond donors (Lipinski definition) is 1. The first-order chi connectivity index (χ1) is 7.60. The van der Waals surface area contributed by atoms with E-state index in [2.05, 4.69) is 5.29 Å². The Morgan fingerprint density at radius 1 is 1.44 bits per heavy atom. The summed E-state index contributed by atoms with van der Waals surface area (Å²) in [6, 6.07) is 6.07. The average molecular weight is 222 g/mol. The summed E-state index contributed by atoms with van der Waals surface area (Å²) in [5.41, 5.74) is 0.799. The van der Waals surface area contributed by atoms with Crippen LogP contribution in [0.15, 0.2) is 29.6 Å². The third-order valence-corrected chi connectivity index (χ3v) is 2.48. The third kappa shape index (κ3) is 2.56. The summed E-state index contributed by atoms with van der Waals surface area (Å²) in [5, 5.41) is 13.0. The Bertz CT molecular complexity index is 375. The smallest absolute Gasteiger partial charge is 0.335 e. The summed E-state index contributed by atoms with van der Waals surface area (Å²) < 4.78 is 0. The number of rotatable bonds is 5. The highest BCUT2D eigenvalue weighted by Gasteiger charge is 2.13. The predicted molar refractivity (Wildman–Crippen MR) is 61.4 cm³/mol. The molecule has 1 rings (SSSR count). The van der Waals surface area contributed by atoms with Gasteiger partial charge in [0.05, 0.1) is 22.6 Å². The van der Waals surface area contributed by atoms with Gasteiger partial charge >= 0.3 is 5.97 Å². The van der Waals surface area contributed by atoms with Gasteiger partial charge < -0.3 is 5.11 Å². The van der Waals surface area contributed by atoms with E-state index in [0.717, 1.165) is 6.42 Å². The lowest BCUT2D eigenvalue weighted by molar-refractivity contribution is 0.0697. The third-order valence-electron chi connectivity index (χ3n) is 2.48. The number of nitrogens with zero attached hydrogens (tertiary/aromatic N) is 2. The molecule has 0 aliphatic carbocycles. The lowest BCUT2D eigenvalue weighted by Crippen LogP contribution is -2.26. The second-order valence-electron chi connectivity index (χ2n) is 3.54. The van der Waals surface area contributed by atoms with Gasteiger partial charge in [0.2, 0.25) is 0 Å². The van der Waals surface area contributed by atoms with E-state index >= 15 is 0 Å². The van der Waals surface area contributed by atoms with E-state index in [4.69, 9.17) is 5.11 Å². The van der Waals surface area contributed by atoms with E-state index in [1.807, 2.05) is 13.8 Å². The first-order valence-electron chi connectivity index (χ1n) is 5.06. The van der Waals surface area contributed by atoms with Gasteiger partial charge in [-0.2, -0.15) is 0 Å². The Labute approximate surface area is 93.6 Å². The zero-order valence-corrected chi connectivity index (χ0v) is 9.25. The molecule has 1 aromatic rings. The standard InChI is InChI=1S/C11H14N2O3/c1-3-8(2)13(12-16)10-6-4-9(5-7-10)11(14)15/h4-8H,3H2,1-2H3,(H,14,15). The van der Waals surface area contributed by atoms with E-state index in [1.165, 1.54) is 17.1 Å². The second-order valence-corrected chi connectivity index (χ2v) is 3.54. The lowest BCUT2D eigenvalue weighted by Gasteiger charge is -2.21. The minimum atomic E-state index is -0.985. The Hall–Kier alpha value is -1.91. The number of carboxylic acids is 1. The average Bonchev–Trinajstić information content (AvgIpc) is 2.30. The highest BCUT2D eigenvalue weighted by Crippen LogP contribution is 2.19. The number of carboxylic acid groups (broad SMARTS) is 1. The molecule has 5 heteroatoms. The molecule has 1 N–H and O–H groups in total. The molecule has 0 spiro atoms. The van der Waals surface area contributed by atoms with Crippen molar-refractivity contribution in [3.8, 4) is 0 Å². The highest BCUT2D eigenvalue weighted by molar-refractivity contribution is 5.88. The molecule has 0 saturated carbocycles. The van der Waals surface area contributed by atoms with Gasteiger partial charge in [-0.25, -0.2) is 9.80 Å². The summed E-state index contributed by atoms with van der Waals surface area (Å²) in [5.74, 6) is -0.985. The van der Waals surface area contributed by atoms with E-state index in [1.54, 1.807) is 12.1 Å². The van der Waals surface area contributed by atoms with Crippen molar-refractivity contribution < 1.29 is 9.90 Å². The Kier molecular flexibility index (Phi) is 3.99. The van der Waals surface area contributed by atoms with Crippen molar-refractivity contribution in [3.05, 3.63) is 34.7 Å². The number of carbonyl (C=O) groups is 1. The Balaban J connectivity index is 2.95. The van der Waals surface area contributed by atoms with E-state index in [0.29, 0.717) is 5.69 Å². The molecule has 0 heterocycles. The number of benzene rings is 1. The molecule has 0 radical (unpaired) electrons. The van der Waals surface area contributed by atoms with Crippen LogP contribution in [0.4, 0.5) is 5.69 Å². The van der Waals surface area contributed by atoms with E-state index in [-0.39, 0.29) is 11.6 Å².